The highest BCUT2D eigenvalue weighted by molar-refractivity contribution is 6.31. The molecule has 0 saturated carbocycles. The lowest BCUT2D eigenvalue weighted by Crippen LogP contribution is -2.49. The third kappa shape index (κ3) is 5.75. The average Bonchev–Trinajstić information content (AvgIpc) is 3.30. The number of amides is 2. The van der Waals surface area contributed by atoms with E-state index in [9.17, 15) is 9.59 Å². The number of furan rings is 1. The maximum atomic E-state index is 13.0. The van der Waals surface area contributed by atoms with Crippen molar-refractivity contribution in [3.8, 4) is 11.3 Å². The van der Waals surface area contributed by atoms with E-state index in [4.69, 9.17) is 27.6 Å². The molecule has 0 aliphatic carbocycles. The molecule has 3 aromatic rings. The summed E-state index contributed by atoms with van der Waals surface area (Å²) >= 11 is 12.3. The molecule has 178 valence electrons. The van der Waals surface area contributed by atoms with Crippen LogP contribution in [0, 0.1) is 5.92 Å². The molecular weight excluding hydrogens is 473 g/mol. The summed E-state index contributed by atoms with van der Waals surface area (Å²) in [6, 6.07) is 16.1. The summed E-state index contributed by atoms with van der Waals surface area (Å²) in [5, 5.41) is 4.05. The quantitative estimate of drug-likeness (QED) is 0.438. The summed E-state index contributed by atoms with van der Waals surface area (Å²) < 4.78 is 5.78. The zero-order chi connectivity index (χ0) is 24.2. The van der Waals surface area contributed by atoms with Crippen molar-refractivity contribution in [2.45, 2.75) is 20.3 Å². The SMILES string of the molecule is CC(C)CC(=O)N1CCN(c2ccc(Cl)cc2NC(=O)c2ccc(-c3cccc(Cl)c3)o2)CC1. The Hall–Kier alpha value is -2.96. The van der Waals surface area contributed by atoms with Crippen molar-refractivity contribution in [1.82, 2.24) is 4.90 Å². The van der Waals surface area contributed by atoms with Gasteiger partial charge in [-0.1, -0.05) is 49.2 Å². The summed E-state index contributed by atoms with van der Waals surface area (Å²) in [6.45, 7) is 6.73. The smallest absolute Gasteiger partial charge is 0.291 e. The molecule has 0 spiro atoms. The molecule has 6 nitrogen and oxygen atoms in total. The molecule has 0 unspecified atom stereocenters. The van der Waals surface area contributed by atoms with Crippen molar-refractivity contribution in [2.75, 3.05) is 36.4 Å². The number of nitrogens with zero attached hydrogens (tertiary/aromatic N) is 2. The van der Waals surface area contributed by atoms with Gasteiger partial charge in [-0.05, 0) is 48.4 Å². The first kappa shape index (κ1) is 24.2. The second kappa shape index (κ2) is 10.5. The van der Waals surface area contributed by atoms with Crippen molar-refractivity contribution in [1.29, 1.82) is 0 Å². The molecule has 4 rings (SSSR count). The van der Waals surface area contributed by atoms with Gasteiger partial charge < -0.3 is 19.5 Å². The lowest BCUT2D eigenvalue weighted by atomic mass is 10.1. The van der Waals surface area contributed by atoms with Crippen LogP contribution in [0.15, 0.2) is 59.0 Å². The van der Waals surface area contributed by atoms with Crippen LogP contribution in [-0.2, 0) is 4.79 Å². The first-order chi connectivity index (χ1) is 16.3. The van der Waals surface area contributed by atoms with Crippen molar-refractivity contribution < 1.29 is 14.0 Å². The number of halogens is 2. The maximum Gasteiger partial charge on any atom is 0.291 e. The number of piperazine rings is 1. The maximum absolute atomic E-state index is 13.0. The first-order valence-electron chi connectivity index (χ1n) is 11.3. The number of rotatable bonds is 6. The second-order valence-corrected chi connectivity index (χ2v) is 9.63. The van der Waals surface area contributed by atoms with Gasteiger partial charge in [0.2, 0.25) is 5.91 Å². The third-order valence-corrected chi connectivity index (χ3v) is 6.17. The van der Waals surface area contributed by atoms with Gasteiger partial charge in [-0.15, -0.1) is 0 Å². The Morgan fingerprint density at radius 3 is 2.41 bits per heavy atom. The zero-order valence-electron chi connectivity index (χ0n) is 19.2. The fourth-order valence-corrected chi connectivity index (χ4v) is 4.36. The minimum absolute atomic E-state index is 0.185. The van der Waals surface area contributed by atoms with Crippen molar-refractivity contribution in [3.63, 3.8) is 0 Å². The first-order valence-corrected chi connectivity index (χ1v) is 12.0. The Bertz CT molecular complexity index is 1180. The van der Waals surface area contributed by atoms with E-state index in [0.29, 0.717) is 60.0 Å². The van der Waals surface area contributed by atoms with Gasteiger partial charge in [-0.3, -0.25) is 9.59 Å². The Kier molecular flexibility index (Phi) is 7.49. The standard InChI is InChI=1S/C26H27Cl2N3O3/c1-17(2)14-25(32)31-12-10-30(11-13-31)22-7-6-20(28)16-21(22)29-26(33)24-9-8-23(34-24)18-4-3-5-19(27)15-18/h3-9,15-17H,10-14H2,1-2H3,(H,29,33). The van der Waals surface area contributed by atoms with Gasteiger partial charge in [0, 0.05) is 48.2 Å². The number of hydrogen-bond donors (Lipinski definition) is 1. The number of nitrogens with one attached hydrogen (secondary N) is 1. The van der Waals surface area contributed by atoms with E-state index in [1.807, 2.05) is 36.9 Å². The third-order valence-electron chi connectivity index (χ3n) is 5.70. The molecule has 1 N–H and O–H groups in total. The number of carbonyl (C=O) groups is 2. The molecular formula is C26H27Cl2N3O3. The topological polar surface area (TPSA) is 65.8 Å². The van der Waals surface area contributed by atoms with Crippen LogP contribution in [0.3, 0.4) is 0 Å². The lowest BCUT2D eigenvalue weighted by Gasteiger charge is -2.37. The van der Waals surface area contributed by atoms with Gasteiger partial charge in [-0.25, -0.2) is 0 Å². The van der Waals surface area contributed by atoms with Crippen molar-refractivity contribution in [2.24, 2.45) is 5.92 Å². The van der Waals surface area contributed by atoms with E-state index in [-0.39, 0.29) is 17.6 Å². The molecule has 34 heavy (non-hydrogen) atoms. The van der Waals surface area contributed by atoms with E-state index in [1.165, 1.54) is 0 Å². The molecule has 2 heterocycles. The molecule has 1 saturated heterocycles. The van der Waals surface area contributed by atoms with Crippen LogP contribution in [0.5, 0.6) is 0 Å². The molecule has 0 atom stereocenters. The van der Waals surface area contributed by atoms with E-state index in [0.717, 1.165) is 11.3 Å². The van der Waals surface area contributed by atoms with Crippen LogP contribution in [0.25, 0.3) is 11.3 Å². The largest absolute Gasteiger partial charge is 0.451 e. The molecule has 2 amide bonds. The van der Waals surface area contributed by atoms with Crippen LogP contribution in [0.1, 0.15) is 30.8 Å². The van der Waals surface area contributed by atoms with Crippen LogP contribution < -0.4 is 10.2 Å². The Morgan fingerprint density at radius 1 is 0.971 bits per heavy atom. The van der Waals surface area contributed by atoms with Gasteiger partial charge in [0.15, 0.2) is 5.76 Å². The molecule has 8 heteroatoms. The highest BCUT2D eigenvalue weighted by atomic mass is 35.5. The summed E-state index contributed by atoms with van der Waals surface area (Å²) in [7, 11) is 0. The van der Waals surface area contributed by atoms with E-state index >= 15 is 0 Å². The minimum atomic E-state index is -0.373. The number of carbonyl (C=O) groups excluding carboxylic acids is 2. The molecule has 1 aromatic heterocycles. The van der Waals surface area contributed by atoms with E-state index in [1.54, 1.807) is 36.4 Å². The summed E-state index contributed by atoms with van der Waals surface area (Å²) in [5.74, 6) is 0.894. The molecule has 1 fully saturated rings. The van der Waals surface area contributed by atoms with E-state index in [2.05, 4.69) is 10.2 Å². The van der Waals surface area contributed by atoms with E-state index < -0.39 is 0 Å². The predicted molar refractivity (Wildman–Crippen MR) is 137 cm³/mol. The monoisotopic (exact) mass is 499 g/mol. The second-order valence-electron chi connectivity index (χ2n) is 8.76. The summed E-state index contributed by atoms with van der Waals surface area (Å²) in [6.07, 6.45) is 0.558. The van der Waals surface area contributed by atoms with Gasteiger partial charge in [0.1, 0.15) is 5.76 Å². The highest BCUT2D eigenvalue weighted by Gasteiger charge is 2.24. The molecule has 1 aliphatic rings. The fraction of sp³-hybridized carbons (Fsp3) is 0.308. The number of benzene rings is 2. The van der Waals surface area contributed by atoms with Crippen LogP contribution in [0.4, 0.5) is 11.4 Å². The van der Waals surface area contributed by atoms with Gasteiger partial charge >= 0.3 is 0 Å². The van der Waals surface area contributed by atoms with Crippen LogP contribution in [-0.4, -0.2) is 42.9 Å². The number of hydrogen-bond acceptors (Lipinski definition) is 4. The Morgan fingerprint density at radius 2 is 1.71 bits per heavy atom. The molecule has 0 bridgehead atoms. The predicted octanol–water partition coefficient (Wildman–Crippen LogP) is 6.20. The summed E-state index contributed by atoms with van der Waals surface area (Å²) in [4.78, 5) is 29.4. The fourth-order valence-electron chi connectivity index (χ4n) is 4.00. The lowest BCUT2D eigenvalue weighted by molar-refractivity contribution is -0.132. The van der Waals surface area contributed by atoms with Gasteiger partial charge in [0.25, 0.3) is 5.91 Å². The number of anilines is 2. The molecule has 1 aliphatic heterocycles. The average molecular weight is 500 g/mol. The van der Waals surface area contributed by atoms with Crippen molar-refractivity contribution >= 4 is 46.4 Å². The van der Waals surface area contributed by atoms with Crippen LogP contribution in [0.2, 0.25) is 10.0 Å². The van der Waals surface area contributed by atoms with Crippen LogP contribution >= 0.6 is 23.2 Å². The Labute approximate surface area is 209 Å². The normalized spacial score (nSPS) is 13.9. The highest BCUT2D eigenvalue weighted by Crippen LogP contribution is 2.31. The zero-order valence-corrected chi connectivity index (χ0v) is 20.7. The van der Waals surface area contributed by atoms with Gasteiger partial charge in [-0.2, -0.15) is 0 Å². The van der Waals surface area contributed by atoms with Crippen molar-refractivity contribution in [3.05, 3.63) is 70.4 Å². The Balaban J connectivity index is 1.47. The van der Waals surface area contributed by atoms with Gasteiger partial charge in [0.05, 0.1) is 11.4 Å². The molecule has 2 aromatic carbocycles. The summed E-state index contributed by atoms with van der Waals surface area (Å²) in [5.41, 5.74) is 2.25. The minimum Gasteiger partial charge on any atom is -0.451 e. The molecule has 0 radical (unpaired) electrons.